The number of rotatable bonds is 6. The van der Waals surface area contributed by atoms with Gasteiger partial charge in [0.25, 0.3) is 10.0 Å². The highest BCUT2D eigenvalue weighted by molar-refractivity contribution is 7.92. The van der Waals surface area contributed by atoms with E-state index in [2.05, 4.69) is 4.90 Å². The molecule has 0 N–H and O–H groups in total. The predicted molar refractivity (Wildman–Crippen MR) is 132 cm³/mol. The van der Waals surface area contributed by atoms with Crippen LogP contribution in [-0.2, 0) is 14.8 Å². The molecule has 3 aromatic carbocycles. The monoisotopic (exact) mass is 483 g/mol. The van der Waals surface area contributed by atoms with Crippen molar-refractivity contribution < 1.29 is 13.2 Å². The number of sulfonamides is 1. The van der Waals surface area contributed by atoms with Crippen molar-refractivity contribution in [2.45, 2.75) is 11.8 Å². The highest BCUT2D eigenvalue weighted by atomic mass is 35.5. The Bertz CT molecular complexity index is 1210. The standard InChI is InChI=1S/C25H26ClN3O3S/c1-20-10-12-24(13-11-20)33(31,32)29(23-9-5-6-21(26)18-23)19-25(30)28-16-14-27(15-17-28)22-7-3-2-4-8-22/h2-13,18H,14-17,19H2,1H3. The lowest BCUT2D eigenvalue weighted by atomic mass is 10.2. The minimum Gasteiger partial charge on any atom is -0.368 e. The summed E-state index contributed by atoms with van der Waals surface area (Å²) in [5, 5.41) is 0.403. The Hall–Kier alpha value is -3.03. The van der Waals surface area contributed by atoms with Crippen LogP contribution in [0.15, 0.2) is 83.8 Å². The van der Waals surface area contributed by atoms with E-state index >= 15 is 0 Å². The van der Waals surface area contributed by atoms with Gasteiger partial charge in [-0.25, -0.2) is 8.42 Å². The molecule has 0 atom stereocenters. The van der Waals surface area contributed by atoms with E-state index in [1.807, 2.05) is 37.3 Å². The lowest BCUT2D eigenvalue weighted by Gasteiger charge is -2.37. The molecule has 33 heavy (non-hydrogen) atoms. The molecule has 1 fully saturated rings. The molecular weight excluding hydrogens is 458 g/mol. The highest BCUT2D eigenvalue weighted by Gasteiger charge is 2.30. The molecule has 6 nitrogen and oxygen atoms in total. The minimum absolute atomic E-state index is 0.134. The summed E-state index contributed by atoms with van der Waals surface area (Å²) in [6.45, 7) is 4.05. The third-order valence-corrected chi connectivity index (χ3v) is 7.76. The van der Waals surface area contributed by atoms with Gasteiger partial charge in [-0.15, -0.1) is 0 Å². The van der Waals surface area contributed by atoms with E-state index in [4.69, 9.17) is 11.6 Å². The van der Waals surface area contributed by atoms with Crippen LogP contribution < -0.4 is 9.21 Å². The largest absolute Gasteiger partial charge is 0.368 e. The van der Waals surface area contributed by atoms with Gasteiger partial charge in [0.1, 0.15) is 6.54 Å². The number of anilines is 2. The van der Waals surface area contributed by atoms with Gasteiger partial charge in [-0.05, 0) is 49.4 Å². The van der Waals surface area contributed by atoms with Crippen LogP contribution in [0.25, 0.3) is 0 Å². The second-order valence-electron chi connectivity index (χ2n) is 8.01. The summed E-state index contributed by atoms with van der Waals surface area (Å²) in [6.07, 6.45) is 0. The third-order valence-electron chi connectivity index (χ3n) is 5.74. The normalized spacial score (nSPS) is 14.2. The summed E-state index contributed by atoms with van der Waals surface area (Å²) in [5.41, 5.74) is 2.43. The average molecular weight is 484 g/mol. The SMILES string of the molecule is Cc1ccc(S(=O)(=O)N(CC(=O)N2CCN(c3ccccc3)CC2)c2cccc(Cl)c2)cc1. The zero-order chi connectivity index (χ0) is 23.4. The first-order valence-corrected chi connectivity index (χ1v) is 12.6. The maximum atomic E-state index is 13.5. The van der Waals surface area contributed by atoms with Crippen molar-refractivity contribution in [3.63, 3.8) is 0 Å². The number of carbonyl (C=O) groups is 1. The molecular formula is C25H26ClN3O3S. The molecule has 0 aliphatic carbocycles. The first-order chi connectivity index (χ1) is 15.8. The Kier molecular flexibility index (Phi) is 6.91. The molecule has 4 rings (SSSR count). The van der Waals surface area contributed by atoms with Gasteiger partial charge in [0.2, 0.25) is 5.91 Å². The van der Waals surface area contributed by atoms with Crippen molar-refractivity contribution in [3.05, 3.63) is 89.4 Å². The van der Waals surface area contributed by atoms with Gasteiger partial charge in [0, 0.05) is 36.9 Å². The number of benzene rings is 3. The lowest BCUT2D eigenvalue weighted by molar-refractivity contribution is -0.129. The van der Waals surface area contributed by atoms with E-state index in [1.54, 1.807) is 53.4 Å². The van der Waals surface area contributed by atoms with Crippen LogP contribution in [-0.4, -0.2) is 51.9 Å². The number of para-hydroxylation sites is 1. The van der Waals surface area contributed by atoms with Crippen molar-refractivity contribution in [2.75, 3.05) is 41.9 Å². The zero-order valence-corrected chi connectivity index (χ0v) is 20.0. The fourth-order valence-corrected chi connectivity index (χ4v) is 5.45. The number of halogens is 1. The van der Waals surface area contributed by atoms with E-state index in [0.717, 1.165) is 15.6 Å². The van der Waals surface area contributed by atoms with Crippen molar-refractivity contribution in [3.8, 4) is 0 Å². The van der Waals surface area contributed by atoms with E-state index in [0.29, 0.717) is 36.9 Å². The second-order valence-corrected chi connectivity index (χ2v) is 10.3. The Morgan fingerprint density at radius 3 is 2.21 bits per heavy atom. The number of hydrogen-bond acceptors (Lipinski definition) is 4. The van der Waals surface area contributed by atoms with Crippen molar-refractivity contribution >= 4 is 38.9 Å². The van der Waals surface area contributed by atoms with Gasteiger partial charge in [-0.1, -0.05) is 53.6 Å². The molecule has 0 unspecified atom stereocenters. The molecule has 0 bridgehead atoms. The molecule has 8 heteroatoms. The topological polar surface area (TPSA) is 60.9 Å². The van der Waals surface area contributed by atoms with Crippen LogP contribution in [0.4, 0.5) is 11.4 Å². The molecule has 1 heterocycles. The Morgan fingerprint density at radius 1 is 0.909 bits per heavy atom. The lowest BCUT2D eigenvalue weighted by Crippen LogP contribution is -2.52. The molecule has 0 radical (unpaired) electrons. The maximum absolute atomic E-state index is 13.5. The molecule has 1 saturated heterocycles. The van der Waals surface area contributed by atoms with Crippen LogP contribution in [0, 0.1) is 6.92 Å². The Morgan fingerprint density at radius 2 is 1.58 bits per heavy atom. The van der Waals surface area contributed by atoms with Gasteiger partial charge in [-0.2, -0.15) is 0 Å². The fourth-order valence-electron chi connectivity index (χ4n) is 3.86. The third kappa shape index (κ3) is 5.31. The smallest absolute Gasteiger partial charge is 0.264 e. The number of nitrogens with zero attached hydrogens (tertiary/aromatic N) is 3. The predicted octanol–water partition coefficient (Wildman–Crippen LogP) is 4.19. The van der Waals surface area contributed by atoms with Crippen LogP contribution in [0.1, 0.15) is 5.56 Å². The summed E-state index contributed by atoms with van der Waals surface area (Å²) in [5.74, 6) is -0.238. The van der Waals surface area contributed by atoms with Gasteiger partial charge in [0.05, 0.1) is 10.6 Å². The first kappa shape index (κ1) is 23.1. The van der Waals surface area contributed by atoms with Crippen molar-refractivity contribution in [2.24, 2.45) is 0 Å². The summed E-state index contributed by atoms with van der Waals surface area (Å²) in [7, 11) is -3.96. The van der Waals surface area contributed by atoms with Gasteiger partial charge < -0.3 is 9.80 Å². The van der Waals surface area contributed by atoms with Crippen molar-refractivity contribution in [1.82, 2.24) is 4.90 Å². The van der Waals surface area contributed by atoms with Crippen LogP contribution in [0.3, 0.4) is 0 Å². The molecule has 1 aliphatic rings. The Balaban J connectivity index is 1.54. The average Bonchev–Trinajstić information content (AvgIpc) is 2.83. The van der Waals surface area contributed by atoms with E-state index in [9.17, 15) is 13.2 Å². The molecule has 1 amide bonds. The quantitative estimate of drug-likeness (QED) is 0.527. The van der Waals surface area contributed by atoms with Gasteiger partial charge in [-0.3, -0.25) is 9.10 Å². The van der Waals surface area contributed by atoms with E-state index in [-0.39, 0.29) is 17.3 Å². The highest BCUT2D eigenvalue weighted by Crippen LogP contribution is 2.27. The summed E-state index contributed by atoms with van der Waals surface area (Å²) < 4.78 is 28.2. The fraction of sp³-hybridized carbons (Fsp3) is 0.240. The molecule has 0 aromatic heterocycles. The van der Waals surface area contributed by atoms with Gasteiger partial charge >= 0.3 is 0 Å². The minimum atomic E-state index is -3.96. The Labute approximate surface area is 200 Å². The number of hydrogen-bond donors (Lipinski definition) is 0. The van der Waals surface area contributed by atoms with E-state index in [1.165, 1.54) is 0 Å². The second kappa shape index (κ2) is 9.85. The summed E-state index contributed by atoms with van der Waals surface area (Å²) in [6, 6.07) is 23.2. The van der Waals surface area contributed by atoms with Crippen LogP contribution in [0.2, 0.25) is 5.02 Å². The maximum Gasteiger partial charge on any atom is 0.264 e. The number of carbonyl (C=O) groups excluding carboxylic acids is 1. The number of amides is 1. The van der Waals surface area contributed by atoms with E-state index < -0.39 is 10.0 Å². The number of aryl methyl sites for hydroxylation is 1. The van der Waals surface area contributed by atoms with Crippen LogP contribution in [0.5, 0.6) is 0 Å². The molecule has 172 valence electrons. The van der Waals surface area contributed by atoms with Crippen LogP contribution >= 0.6 is 11.6 Å². The van der Waals surface area contributed by atoms with Gasteiger partial charge in [0.15, 0.2) is 0 Å². The molecule has 0 saturated carbocycles. The summed E-state index contributed by atoms with van der Waals surface area (Å²) in [4.78, 5) is 17.3. The van der Waals surface area contributed by atoms with Crippen molar-refractivity contribution in [1.29, 1.82) is 0 Å². The molecule has 0 spiro atoms. The molecule has 1 aliphatic heterocycles. The molecule has 3 aromatic rings. The first-order valence-electron chi connectivity index (χ1n) is 10.8. The summed E-state index contributed by atoms with van der Waals surface area (Å²) >= 11 is 6.14. The number of piperazine rings is 1. The zero-order valence-electron chi connectivity index (χ0n) is 18.4.